The molecule has 0 aliphatic carbocycles. The fourth-order valence-corrected chi connectivity index (χ4v) is 4.03. The van der Waals surface area contributed by atoms with Crippen LogP contribution in [0.2, 0.25) is 0 Å². The fourth-order valence-electron chi connectivity index (χ4n) is 4.03. The number of amides is 1. The highest BCUT2D eigenvalue weighted by Crippen LogP contribution is 2.16. The summed E-state index contributed by atoms with van der Waals surface area (Å²) in [7, 11) is 5.32. The van der Waals surface area contributed by atoms with Gasteiger partial charge >= 0.3 is 0 Å². The van der Waals surface area contributed by atoms with Crippen molar-refractivity contribution in [1.29, 1.82) is 0 Å². The highest BCUT2D eigenvalue weighted by molar-refractivity contribution is 5.93. The maximum atomic E-state index is 12.0. The molecule has 0 bridgehead atoms. The number of aliphatic imine (C=N–C) groups is 1. The van der Waals surface area contributed by atoms with Gasteiger partial charge in [0.05, 0.1) is 0 Å². The van der Waals surface area contributed by atoms with Gasteiger partial charge in [-0.15, -0.1) is 0 Å². The van der Waals surface area contributed by atoms with Crippen LogP contribution in [0.15, 0.2) is 53.5 Å². The summed E-state index contributed by atoms with van der Waals surface area (Å²) in [5, 5.41) is 6.82. The number of nitrogens with one attached hydrogen (secondary N) is 2. The van der Waals surface area contributed by atoms with E-state index in [4.69, 9.17) is 0 Å². The summed E-state index contributed by atoms with van der Waals surface area (Å²) in [6.07, 6.45) is 5.33. The number of rotatable bonds is 7. The molecule has 1 aliphatic heterocycles. The molecule has 1 heterocycles. The van der Waals surface area contributed by atoms with E-state index in [1.165, 1.54) is 49.9 Å². The standard InChI is InChI=1S/C26H37N5O/c1-27-26(28-18-21-12-14-22(15-13-21)25(32)30(2)3)29-19-23-10-6-7-11-24(23)20-31-16-8-4-5-9-17-31/h6-7,10-15H,4-5,8-9,16-20H2,1-3H3,(H2,27,28,29). The third-order valence-electron chi connectivity index (χ3n) is 5.95. The smallest absolute Gasteiger partial charge is 0.253 e. The largest absolute Gasteiger partial charge is 0.352 e. The van der Waals surface area contributed by atoms with Crippen LogP contribution in [0.4, 0.5) is 0 Å². The molecule has 1 saturated heterocycles. The molecule has 2 aromatic carbocycles. The molecule has 3 rings (SSSR count). The minimum absolute atomic E-state index is 0.0147. The van der Waals surface area contributed by atoms with Crippen LogP contribution in [0.3, 0.4) is 0 Å². The van der Waals surface area contributed by atoms with Crippen molar-refractivity contribution < 1.29 is 4.79 Å². The maximum Gasteiger partial charge on any atom is 0.253 e. The van der Waals surface area contributed by atoms with Crippen molar-refractivity contribution in [2.45, 2.75) is 45.3 Å². The molecule has 0 radical (unpaired) electrons. The molecule has 0 aromatic heterocycles. The molecule has 172 valence electrons. The second-order valence-electron chi connectivity index (χ2n) is 8.63. The number of benzene rings is 2. The van der Waals surface area contributed by atoms with E-state index in [9.17, 15) is 4.79 Å². The van der Waals surface area contributed by atoms with Crippen LogP contribution >= 0.6 is 0 Å². The van der Waals surface area contributed by atoms with Crippen molar-refractivity contribution >= 4 is 11.9 Å². The van der Waals surface area contributed by atoms with Crippen LogP contribution in [-0.4, -0.2) is 55.9 Å². The van der Waals surface area contributed by atoms with Gasteiger partial charge < -0.3 is 15.5 Å². The monoisotopic (exact) mass is 435 g/mol. The number of hydrogen-bond donors (Lipinski definition) is 2. The lowest BCUT2D eigenvalue weighted by atomic mass is 10.1. The molecule has 0 saturated carbocycles. The number of nitrogens with zero attached hydrogens (tertiary/aromatic N) is 3. The van der Waals surface area contributed by atoms with Gasteiger partial charge in [-0.05, 0) is 54.8 Å². The Balaban J connectivity index is 1.53. The molecular weight excluding hydrogens is 398 g/mol. The molecule has 6 heteroatoms. The van der Waals surface area contributed by atoms with Gasteiger partial charge in [0.1, 0.15) is 0 Å². The van der Waals surface area contributed by atoms with Crippen molar-refractivity contribution in [3.63, 3.8) is 0 Å². The van der Waals surface area contributed by atoms with E-state index in [1.807, 2.05) is 24.3 Å². The Kier molecular flexibility index (Phi) is 9.11. The Hall–Kier alpha value is -2.86. The van der Waals surface area contributed by atoms with Crippen molar-refractivity contribution in [3.8, 4) is 0 Å². The zero-order chi connectivity index (χ0) is 22.8. The summed E-state index contributed by atoms with van der Waals surface area (Å²) in [4.78, 5) is 20.6. The van der Waals surface area contributed by atoms with Crippen LogP contribution in [0.25, 0.3) is 0 Å². The van der Waals surface area contributed by atoms with Crippen LogP contribution in [0.1, 0.15) is 52.7 Å². The zero-order valence-electron chi connectivity index (χ0n) is 19.7. The lowest BCUT2D eigenvalue weighted by Gasteiger charge is -2.22. The Morgan fingerprint density at radius 3 is 2.16 bits per heavy atom. The molecule has 6 nitrogen and oxygen atoms in total. The first-order valence-electron chi connectivity index (χ1n) is 11.6. The normalized spacial score (nSPS) is 15.2. The Morgan fingerprint density at radius 1 is 0.906 bits per heavy atom. The average Bonchev–Trinajstić information content (AvgIpc) is 3.08. The van der Waals surface area contributed by atoms with Gasteiger partial charge in [0, 0.05) is 46.3 Å². The number of hydrogen-bond acceptors (Lipinski definition) is 3. The molecule has 0 unspecified atom stereocenters. The first kappa shape index (κ1) is 23.8. The van der Waals surface area contributed by atoms with Crippen LogP contribution in [-0.2, 0) is 19.6 Å². The van der Waals surface area contributed by atoms with Crippen molar-refractivity contribution in [3.05, 3.63) is 70.8 Å². The average molecular weight is 436 g/mol. The first-order valence-corrected chi connectivity index (χ1v) is 11.6. The van der Waals surface area contributed by atoms with E-state index < -0.39 is 0 Å². The third kappa shape index (κ3) is 7.09. The first-order chi connectivity index (χ1) is 15.6. The predicted molar refractivity (Wildman–Crippen MR) is 132 cm³/mol. The van der Waals surface area contributed by atoms with E-state index in [1.54, 1.807) is 26.0 Å². The number of carbonyl (C=O) groups is 1. The SMILES string of the molecule is CN=C(NCc1ccc(C(=O)N(C)C)cc1)NCc1ccccc1CN1CCCCCC1. The molecule has 1 fully saturated rings. The Labute approximate surface area is 192 Å². The third-order valence-corrected chi connectivity index (χ3v) is 5.95. The van der Waals surface area contributed by atoms with Crippen molar-refractivity contribution in [1.82, 2.24) is 20.4 Å². The minimum atomic E-state index is 0.0147. The number of guanidine groups is 1. The summed E-state index contributed by atoms with van der Waals surface area (Å²) < 4.78 is 0. The van der Waals surface area contributed by atoms with E-state index in [0.29, 0.717) is 12.1 Å². The van der Waals surface area contributed by atoms with Gasteiger partial charge in [-0.2, -0.15) is 0 Å². The summed E-state index contributed by atoms with van der Waals surface area (Å²) in [5.74, 6) is 0.781. The summed E-state index contributed by atoms with van der Waals surface area (Å²) in [6, 6.07) is 16.4. The van der Waals surface area contributed by atoms with Gasteiger partial charge in [-0.3, -0.25) is 14.7 Å². The molecule has 32 heavy (non-hydrogen) atoms. The van der Waals surface area contributed by atoms with Gasteiger partial charge in [-0.1, -0.05) is 49.2 Å². The summed E-state index contributed by atoms with van der Waals surface area (Å²) in [6.45, 7) is 4.79. The second kappa shape index (κ2) is 12.2. The Morgan fingerprint density at radius 2 is 1.53 bits per heavy atom. The van der Waals surface area contributed by atoms with Crippen LogP contribution in [0.5, 0.6) is 0 Å². The zero-order valence-corrected chi connectivity index (χ0v) is 19.7. The minimum Gasteiger partial charge on any atom is -0.352 e. The second-order valence-corrected chi connectivity index (χ2v) is 8.63. The van der Waals surface area contributed by atoms with E-state index >= 15 is 0 Å². The number of carbonyl (C=O) groups excluding carboxylic acids is 1. The summed E-state index contributed by atoms with van der Waals surface area (Å²) >= 11 is 0. The highest BCUT2D eigenvalue weighted by atomic mass is 16.2. The fraction of sp³-hybridized carbons (Fsp3) is 0.462. The van der Waals surface area contributed by atoms with Gasteiger partial charge in [-0.25, -0.2) is 0 Å². The Bertz CT molecular complexity index is 883. The topological polar surface area (TPSA) is 60.0 Å². The van der Waals surface area contributed by atoms with Crippen LogP contribution in [0, 0.1) is 0 Å². The molecular formula is C26H37N5O. The quantitative estimate of drug-likeness (QED) is 0.515. The summed E-state index contributed by atoms with van der Waals surface area (Å²) in [5.41, 5.74) is 4.50. The molecule has 2 N–H and O–H groups in total. The molecule has 1 amide bonds. The van der Waals surface area contributed by atoms with Gasteiger partial charge in [0.15, 0.2) is 5.96 Å². The van der Waals surface area contributed by atoms with Gasteiger partial charge in [0.2, 0.25) is 0 Å². The maximum absolute atomic E-state index is 12.0. The molecule has 2 aromatic rings. The highest BCUT2D eigenvalue weighted by Gasteiger charge is 2.12. The van der Waals surface area contributed by atoms with Crippen molar-refractivity contribution in [2.75, 3.05) is 34.2 Å². The van der Waals surface area contributed by atoms with Crippen molar-refractivity contribution in [2.24, 2.45) is 4.99 Å². The lowest BCUT2D eigenvalue weighted by Crippen LogP contribution is -2.36. The molecule has 0 atom stereocenters. The number of likely N-dealkylation sites (tertiary alicyclic amines) is 1. The van der Waals surface area contributed by atoms with E-state index in [2.05, 4.69) is 44.8 Å². The van der Waals surface area contributed by atoms with E-state index in [-0.39, 0.29) is 5.91 Å². The lowest BCUT2D eigenvalue weighted by molar-refractivity contribution is 0.0827. The van der Waals surface area contributed by atoms with E-state index in [0.717, 1.165) is 24.6 Å². The van der Waals surface area contributed by atoms with Crippen LogP contribution < -0.4 is 10.6 Å². The van der Waals surface area contributed by atoms with Gasteiger partial charge in [0.25, 0.3) is 5.91 Å². The predicted octanol–water partition coefficient (Wildman–Crippen LogP) is 3.63. The molecule has 1 aliphatic rings. The molecule has 0 spiro atoms.